The van der Waals surface area contributed by atoms with Crippen LogP contribution in [0.25, 0.3) is 11.0 Å². The van der Waals surface area contributed by atoms with E-state index in [1.165, 1.54) is 11.1 Å². The zero-order valence-corrected chi connectivity index (χ0v) is 10.8. The molecule has 1 aromatic carbocycles. The minimum atomic E-state index is -0.0560. The highest BCUT2D eigenvalue weighted by Gasteiger charge is 2.19. The Labute approximate surface area is 107 Å². The minimum absolute atomic E-state index is 0.0560. The summed E-state index contributed by atoms with van der Waals surface area (Å²) < 4.78 is 2.05. The lowest BCUT2D eigenvalue weighted by Gasteiger charge is -2.25. The molecule has 0 unspecified atom stereocenters. The highest BCUT2D eigenvalue weighted by molar-refractivity contribution is 5.75. The Morgan fingerprint density at radius 2 is 2.06 bits per heavy atom. The molecular formula is C15H20N2O. The van der Waals surface area contributed by atoms with E-state index in [-0.39, 0.29) is 6.10 Å². The number of hydrogen-bond donors (Lipinski definition) is 1. The van der Waals surface area contributed by atoms with Gasteiger partial charge < -0.3 is 9.67 Å². The Balaban J connectivity index is 1.74. The van der Waals surface area contributed by atoms with Gasteiger partial charge in [0.05, 0.1) is 23.5 Å². The van der Waals surface area contributed by atoms with E-state index >= 15 is 0 Å². The summed E-state index contributed by atoms with van der Waals surface area (Å²) in [5.41, 5.74) is 3.66. The molecule has 0 amide bonds. The first-order chi connectivity index (χ1) is 8.72. The van der Waals surface area contributed by atoms with E-state index in [9.17, 15) is 5.11 Å². The minimum Gasteiger partial charge on any atom is -0.393 e. The first-order valence-electron chi connectivity index (χ1n) is 6.80. The molecular weight excluding hydrogens is 224 g/mol. The van der Waals surface area contributed by atoms with E-state index in [0.29, 0.717) is 0 Å². The molecule has 18 heavy (non-hydrogen) atoms. The molecule has 1 aliphatic carbocycles. The van der Waals surface area contributed by atoms with Crippen molar-refractivity contribution in [2.45, 2.75) is 38.2 Å². The lowest BCUT2D eigenvalue weighted by molar-refractivity contribution is 0.109. The van der Waals surface area contributed by atoms with Gasteiger partial charge in [0, 0.05) is 7.05 Å². The van der Waals surface area contributed by atoms with Crippen LogP contribution < -0.4 is 0 Å². The Morgan fingerprint density at radius 1 is 1.28 bits per heavy atom. The van der Waals surface area contributed by atoms with Gasteiger partial charge in [-0.25, -0.2) is 4.98 Å². The summed E-state index contributed by atoms with van der Waals surface area (Å²) in [4.78, 5) is 4.41. The third kappa shape index (κ3) is 2.27. The summed E-state index contributed by atoms with van der Waals surface area (Å²) in [6.07, 6.45) is 7.18. The quantitative estimate of drug-likeness (QED) is 0.882. The second kappa shape index (κ2) is 4.73. The van der Waals surface area contributed by atoms with E-state index in [1.807, 2.05) is 13.4 Å². The maximum Gasteiger partial charge on any atom is 0.0955 e. The fraction of sp³-hybridized carbons (Fsp3) is 0.533. The summed E-state index contributed by atoms with van der Waals surface area (Å²) in [6.45, 7) is 0. The number of rotatable bonds is 2. The van der Waals surface area contributed by atoms with Gasteiger partial charge in [0.2, 0.25) is 0 Å². The summed E-state index contributed by atoms with van der Waals surface area (Å²) in [6, 6.07) is 6.59. The van der Waals surface area contributed by atoms with Gasteiger partial charge in [0.1, 0.15) is 0 Å². The van der Waals surface area contributed by atoms with Crippen molar-refractivity contribution < 1.29 is 5.11 Å². The molecule has 1 saturated carbocycles. The average molecular weight is 244 g/mol. The van der Waals surface area contributed by atoms with Crippen molar-refractivity contribution in [3.05, 3.63) is 30.1 Å². The molecule has 0 radical (unpaired) electrons. The number of fused-ring (bicyclic) bond motifs is 1. The molecule has 96 valence electrons. The predicted molar refractivity (Wildman–Crippen MR) is 72.4 cm³/mol. The van der Waals surface area contributed by atoms with Gasteiger partial charge in [-0.2, -0.15) is 0 Å². The number of aromatic nitrogens is 2. The normalized spacial score (nSPS) is 24.6. The SMILES string of the molecule is Cn1cnc2cc(CC3CCC(O)CC3)ccc21. The van der Waals surface area contributed by atoms with Crippen LogP contribution in [0.2, 0.25) is 0 Å². The first-order valence-corrected chi connectivity index (χ1v) is 6.80. The van der Waals surface area contributed by atoms with Crippen molar-refractivity contribution in [3.63, 3.8) is 0 Å². The lowest BCUT2D eigenvalue weighted by Crippen LogP contribution is -2.19. The second-order valence-electron chi connectivity index (χ2n) is 5.56. The molecule has 1 heterocycles. The molecule has 1 fully saturated rings. The maximum atomic E-state index is 9.52. The number of aliphatic hydroxyl groups is 1. The molecule has 3 nitrogen and oxygen atoms in total. The van der Waals surface area contributed by atoms with Crippen LogP contribution in [0, 0.1) is 5.92 Å². The van der Waals surface area contributed by atoms with Gasteiger partial charge >= 0.3 is 0 Å². The van der Waals surface area contributed by atoms with E-state index < -0.39 is 0 Å². The summed E-state index contributed by atoms with van der Waals surface area (Å²) in [5.74, 6) is 0.731. The number of nitrogens with zero attached hydrogens (tertiary/aromatic N) is 2. The third-order valence-corrected chi connectivity index (χ3v) is 4.13. The van der Waals surface area contributed by atoms with Crippen LogP contribution in [0.3, 0.4) is 0 Å². The molecule has 1 aliphatic rings. The zero-order chi connectivity index (χ0) is 12.5. The molecule has 3 heteroatoms. The van der Waals surface area contributed by atoms with Gasteiger partial charge in [0.25, 0.3) is 0 Å². The maximum absolute atomic E-state index is 9.52. The van der Waals surface area contributed by atoms with Crippen LogP contribution in [0.1, 0.15) is 31.2 Å². The van der Waals surface area contributed by atoms with Crippen molar-refractivity contribution in [1.29, 1.82) is 0 Å². The fourth-order valence-corrected chi connectivity index (χ4v) is 2.99. The van der Waals surface area contributed by atoms with Gasteiger partial charge in [0.15, 0.2) is 0 Å². The Kier molecular flexibility index (Phi) is 3.08. The van der Waals surface area contributed by atoms with Crippen molar-refractivity contribution in [2.24, 2.45) is 13.0 Å². The number of aliphatic hydroxyl groups excluding tert-OH is 1. The lowest BCUT2D eigenvalue weighted by atomic mass is 9.83. The van der Waals surface area contributed by atoms with Crippen molar-refractivity contribution in [1.82, 2.24) is 9.55 Å². The molecule has 3 rings (SSSR count). The number of aryl methyl sites for hydroxylation is 1. The van der Waals surface area contributed by atoms with Gasteiger partial charge in [-0.15, -0.1) is 0 Å². The highest BCUT2D eigenvalue weighted by atomic mass is 16.3. The zero-order valence-electron chi connectivity index (χ0n) is 10.8. The summed E-state index contributed by atoms with van der Waals surface area (Å²) in [5, 5.41) is 9.52. The number of imidazole rings is 1. The van der Waals surface area contributed by atoms with Gasteiger partial charge in [-0.3, -0.25) is 0 Å². The molecule has 0 saturated heterocycles. The van der Waals surface area contributed by atoms with Crippen molar-refractivity contribution in [3.8, 4) is 0 Å². The van der Waals surface area contributed by atoms with Crippen LogP contribution >= 0.6 is 0 Å². The van der Waals surface area contributed by atoms with E-state index in [2.05, 4.69) is 27.8 Å². The largest absolute Gasteiger partial charge is 0.393 e. The monoisotopic (exact) mass is 244 g/mol. The Morgan fingerprint density at radius 3 is 2.83 bits per heavy atom. The summed E-state index contributed by atoms with van der Waals surface area (Å²) in [7, 11) is 2.03. The molecule has 1 N–H and O–H groups in total. The van der Waals surface area contributed by atoms with Crippen LogP contribution in [0.15, 0.2) is 24.5 Å². The van der Waals surface area contributed by atoms with Gasteiger partial charge in [-0.1, -0.05) is 6.07 Å². The predicted octanol–water partition coefficient (Wildman–Crippen LogP) is 2.67. The van der Waals surface area contributed by atoms with Crippen LogP contribution in [-0.4, -0.2) is 20.8 Å². The topological polar surface area (TPSA) is 38.0 Å². The second-order valence-corrected chi connectivity index (χ2v) is 5.56. The third-order valence-electron chi connectivity index (χ3n) is 4.13. The Hall–Kier alpha value is -1.35. The average Bonchev–Trinajstić information content (AvgIpc) is 2.74. The fourth-order valence-electron chi connectivity index (χ4n) is 2.99. The van der Waals surface area contributed by atoms with E-state index in [0.717, 1.165) is 43.5 Å². The first kappa shape index (κ1) is 11.7. The Bertz CT molecular complexity index is 538. The summed E-state index contributed by atoms with van der Waals surface area (Å²) >= 11 is 0. The van der Waals surface area contributed by atoms with Crippen LogP contribution in [0.5, 0.6) is 0 Å². The molecule has 2 aromatic rings. The van der Waals surface area contributed by atoms with E-state index in [1.54, 1.807) is 0 Å². The van der Waals surface area contributed by atoms with Crippen molar-refractivity contribution in [2.75, 3.05) is 0 Å². The number of benzene rings is 1. The van der Waals surface area contributed by atoms with Crippen LogP contribution in [0.4, 0.5) is 0 Å². The smallest absolute Gasteiger partial charge is 0.0955 e. The molecule has 0 aliphatic heterocycles. The number of hydrogen-bond acceptors (Lipinski definition) is 2. The molecule has 1 aromatic heterocycles. The van der Waals surface area contributed by atoms with E-state index in [4.69, 9.17) is 0 Å². The van der Waals surface area contributed by atoms with Crippen molar-refractivity contribution >= 4 is 11.0 Å². The van der Waals surface area contributed by atoms with Crippen LogP contribution in [-0.2, 0) is 13.5 Å². The highest BCUT2D eigenvalue weighted by Crippen LogP contribution is 2.28. The molecule has 0 bridgehead atoms. The van der Waals surface area contributed by atoms with Gasteiger partial charge in [-0.05, 0) is 55.7 Å². The molecule has 0 spiro atoms. The molecule has 0 atom stereocenters. The standard InChI is InChI=1S/C15H20N2O/c1-17-10-16-14-9-12(4-7-15(14)17)8-11-2-5-13(18)6-3-11/h4,7,9-11,13,18H,2-3,5-6,8H2,1H3.